The van der Waals surface area contributed by atoms with Gasteiger partial charge in [-0.1, -0.05) is 242 Å². The van der Waals surface area contributed by atoms with Crippen molar-refractivity contribution in [2.75, 3.05) is 4.90 Å². The van der Waals surface area contributed by atoms with Crippen molar-refractivity contribution in [3.63, 3.8) is 0 Å². The maximum absolute atomic E-state index is 2.54. The zero-order valence-corrected chi connectivity index (χ0v) is 44.6. The number of para-hydroxylation sites is 3. The van der Waals surface area contributed by atoms with Crippen LogP contribution in [0.25, 0.3) is 83.1 Å². The molecule has 370 valence electrons. The minimum Gasteiger partial charge on any atom is -0.310 e. The van der Waals surface area contributed by atoms with Crippen molar-refractivity contribution in [1.82, 2.24) is 4.57 Å². The molecule has 14 rings (SSSR count). The summed E-state index contributed by atoms with van der Waals surface area (Å²) in [5.41, 5.74) is 26.7. The summed E-state index contributed by atoms with van der Waals surface area (Å²) < 4.78 is 2.41. The Morgan fingerprint density at radius 3 is 1.35 bits per heavy atom. The van der Waals surface area contributed by atoms with E-state index in [1.165, 1.54) is 105 Å². The van der Waals surface area contributed by atoms with Gasteiger partial charge in [-0.05, 0) is 149 Å². The smallest absolute Gasteiger partial charge is 0.0725 e. The first kappa shape index (κ1) is 46.5. The molecule has 1 spiro atoms. The van der Waals surface area contributed by atoms with Gasteiger partial charge >= 0.3 is 0 Å². The summed E-state index contributed by atoms with van der Waals surface area (Å²) >= 11 is 0. The van der Waals surface area contributed by atoms with Gasteiger partial charge in [0.15, 0.2) is 0 Å². The predicted molar refractivity (Wildman–Crippen MR) is 325 cm³/mol. The van der Waals surface area contributed by atoms with Crippen molar-refractivity contribution in [1.29, 1.82) is 0 Å². The third-order valence-corrected chi connectivity index (χ3v) is 16.8. The standard InChI is InChI=1S/C75H60N2/c1-73(2,3)50-36-43-60-61-44-37-51(74(4,5)6)47-69(61)75(68(60)46-50)66-32-18-14-28-59(66)65-48-54(42-45-67(65)75)76(52-38-40-53(41-39-52)77-71-34-20-16-30-63(71)64-31-17-21-35-72(64)77)70-33-19-15-29-62(70)58-27-13-12-26-57(58)56-25-11-10-24-55(56)49-22-8-7-9-23-49/h7-48H,1-6H3. The molecule has 0 unspecified atom stereocenters. The minimum atomic E-state index is -0.505. The van der Waals surface area contributed by atoms with Crippen molar-refractivity contribution in [3.05, 3.63) is 288 Å². The van der Waals surface area contributed by atoms with Crippen LogP contribution in [0.5, 0.6) is 0 Å². The molecule has 2 heteroatoms. The fourth-order valence-electron chi connectivity index (χ4n) is 13.1. The molecule has 11 aromatic carbocycles. The van der Waals surface area contributed by atoms with E-state index in [-0.39, 0.29) is 10.8 Å². The molecule has 12 aromatic rings. The van der Waals surface area contributed by atoms with Gasteiger partial charge in [-0.2, -0.15) is 0 Å². The lowest BCUT2D eigenvalue weighted by molar-refractivity contribution is 0.586. The molecule has 77 heavy (non-hydrogen) atoms. The van der Waals surface area contributed by atoms with Crippen LogP contribution in [0.15, 0.2) is 255 Å². The minimum absolute atomic E-state index is 0.0282. The van der Waals surface area contributed by atoms with Gasteiger partial charge < -0.3 is 9.47 Å². The van der Waals surface area contributed by atoms with Crippen LogP contribution in [-0.2, 0) is 16.2 Å². The predicted octanol–water partition coefficient (Wildman–Crippen LogP) is 20.2. The number of hydrogen-bond donors (Lipinski definition) is 0. The van der Waals surface area contributed by atoms with Crippen molar-refractivity contribution in [2.45, 2.75) is 57.8 Å². The van der Waals surface area contributed by atoms with Crippen LogP contribution in [0.1, 0.15) is 74.9 Å². The SMILES string of the molecule is CC(C)(C)c1ccc2c(c1)C1(c3ccccc3-c3cc(N(c4ccc(-n5c6ccccc6c6ccccc65)cc4)c4ccccc4-c4ccccc4-c4ccccc4-c4ccccc4)ccc31)c1cc(C(C)(C)C)ccc1-2. The average Bonchev–Trinajstić information content (AvgIpc) is 4.00. The van der Waals surface area contributed by atoms with E-state index in [1.54, 1.807) is 0 Å². The quantitative estimate of drug-likeness (QED) is 0.154. The third-order valence-electron chi connectivity index (χ3n) is 16.8. The number of benzene rings is 11. The van der Waals surface area contributed by atoms with Crippen LogP contribution < -0.4 is 4.90 Å². The molecule has 0 N–H and O–H groups in total. The molecule has 0 saturated carbocycles. The Kier molecular flexibility index (Phi) is 10.6. The summed E-state index contributed by atoms with van der Waals surface area (Å²) in [7, 11) is 0. The lowest BCUT2D eigenvalue weighted by Crippen LogP contribution is -2.27. The van der Waals surface area contributed by atoms with Crippen LogP contribution in [0, 0.1) is 0 Å². The van der Waals surface area contributed by atoms with E-state index in [1.807, 2.05) is 0 Å². The molecule has 2 nitrogen and oxygen atoms in total. The second kappa shape index (κ2) is 17.5. The fraction of sp³-hybridized carbons (Fsp3) is 0.120. The van der Waals surface area contributed by atoms with Crippen molar-refractivity contribution >= 4 is 38.9 Å². The molecule has 0 saturated heterocycles. The summed E-state index contributed by atoms with van der Waals surface area (Å²) in [5, 5.41) is 2.51. The maximum atomic E-state index is 2.54. The molecule has 0 aliphatic heterocycles. The summed E-state index contributed by atoms with van der Waals surface area (Å²) in [6, 6.07) is 95.6. The van der Waals surface area contributed by atoms with Crippen LogP contribution in [0.2, 0.25) is 0 Å². The highest BCUT2D eigenvalue weighted by atomic mass is 15.1. The van der Waals surface area contributed by atoms with Gasteiger partial charge in [0.25, 0.3) is 0 Å². The van der Waals surface area contributed by atoms with Crippen LogP contribution in [0.3, 0.4) is 0 Å². The van der Waals surface area contributed by atoms with E-state index in [0.29, 0.717) is 0 Å². The van der Waals surface area contributed by atoms with Gasteiger partial charge in [0, 0.05) is 33.4 Å². The Hall–Kier alpha value is -8.98. The zero-order valence-electron chi connectivity index (χ0n) is 44.6. The Labute approximate surface area is 453 Å². The van der Waals surface area contributed by atoms with E-state index in [2.05, 4.69) is 306 Å². The molecular formula is C75H60N2. The first-order valence-corrected chi connectivity index (χ1v) is 27.3. The molecule has 0 radical (unpaired) electrons. The van der Waals surface area contributed by atoms with Crippen LogP contribution >= 0.6 is 0 Å². The van der Waals surface area contributed by atoms with E-state index in [9.17, 15) is 0 Å². The number of hydrogen-bond acceptors (Lipinski definition) is 1. The average molecular weight is 989 g/mol. The third kappa shape index (κ3) is 7.23. The number of fused-ring (bicyclic) bond motifs is 13. The molecule has 1 heterocycles. The number of anilines is 3. The summed E-state index contributed by atoms with van der Waals surface area (Å²) in [6.07, 6.45) is 0. The normalized spacial score (nSPS) is 13.2. The first-order valence-electron chi connectivity index (χ1n) is 27.3. The van der Waals surface area contributed by atoms with Crippen molar-refractivity contribution < 1.29 is 0 Å². The molecule has 0 amide bonds. The Morgan fingerprint density at radius 2 is 0.753 bits per heavy atom. The Morgan fingerprint density at radius 1 is 0.312 bits per heavy atom. The highest BCUT2D eigenvalue weighted by Gasteiger charge is 2.52. The number of aromatic nitrogens is 1. The van der Waals surface area contributed by atoms with Gasteiger partial charge in [0.1, 0.15) is 0 Å². The lowest BCUT2D eigenvalue weighted by Gasteiger charge is -2.33. The number of rotatable bonds is 7. The summed E-state index contributed by atoms with van der Waals surface area (Å²) in [4.78, 5) is 2.50. The van der Waals surface area contributed by atoms with Crippen LogP contribution in [0.4, 0.5) is 17.1 Å². The van der Waals surface area contributed by atoms with Crippen LogP contribution in [-0.4, -0.2) is 4.57 Å². The van der Waals surface area contributed by atoms with E-state index in [0.717, 1.165) is 28.3 Å². The van der Waals surface area contributed by atoms with Crippen molar-refractivity contribution in [3.8, 4) is 61.3 Å². The topological polar surface area (TPSA) is 8.17 Å². The Balaban J connectivity index is 1.01. The van der Waals surface area contributed by atoms with Gasteiger partial charge in [0.2, 0.25) is 0 Å². The molecular weight excluding hydrogens is 929 g/mol. The van der Waals surface area contributed by atoms with Gasteiger partial charge in [-0.3, -0.25) is 0 Å². The fourth-order valence-corrected chi connectivity index (χ4v) is 13.1. The lowest BCUT2D eigenvalue weighted by atomic mass is 9.69. The molecule has 2 aliphatic rings. The first-order chi connectivity index (χ1) is 37.5. The summed E-state index contributed by atoms with van der Waals surface area (Å²) in [6.45, 7) is 14.0. The van der Waals surface area contributed by atoms with Gasteiger partial charge in [-0.15, -0.1) is 0 Å². The number of nitrogens with zero attached hydrogens (tertiary/aromatic N) is 2. The van der Waals surface area contributed by atoms with E-state index < -0.39 is 5.41 Å². The highest BCUT2D eigenvalue weighted by Crippen LogP contribution is 2.64. The van der Waals surface area contributed by atoms with Crippen molar-refractivity contribution in [2.24, 2.45) is 0 Å². The monoisotopic (exact) mass is 988 g/mol. The molecule has 0 fully saturated rings. The largest absolute Gasteiger partial charge is 0.310 e. The molecule has 0 atom stereocenters. The molecule has 2 aliphatic carbocycles. The van der Waals surface area contributed by atoms with E-state index in [4.69, 9.17) is 0 Å². The summed E-state index contributed by atoms with van der Waals surface area (Å²) in [5.74, 6) is 0. The molecule has 0 bridgehead atoms. The zero-order chi connectivity index (χ0) is 52.2. The maximum Gasteiger partial charge on any atom is 0.0725 e. The molecule has 1 aromatic heterocycles. The van der Waals surface area contributed by atoms with E-state index >= 15 is 0 Å². The van der Waals surface area contributed by atoms with Gasteiger partial charge in [0.05, 0.1) is 22.1 Å². The second-order valence-corrected chi connectivity index (χ2v) is 23.2. The second-order valence-electron chi connectivity index (χ2n) is 23.2. The highest BCUT2D eigenvalue weighted by molar-refractivity contribution is 6.09. The van der Waals surface area contributed by atoms with Gasteiger partial charge in [-0.25, -0.2) is 0 Å². The Bertz CT molecular complexity index is 4170.